The van der Waals surface area contributed by atoms with Crippen molar-refractivity contribution in [1.29, 1.82) is 0 Å². The van der Waals surface area contributed by atoms with Crippen molar-refractivity contribution in [3.05, 3.63) is 60.7 Å². The Labute approximate surface area is 220 Å². The first-order chi connectivity index (χ1) is 16.9. The summed E-state index contributed by atoms with van der Waals surface area (Å²) in [4.78, 5) is 0. The highest BCUT2D eigenvalue weighted by Crippen LogP contribution is 2.37. The molecular weight excluding hydrogens is 433 g/mol. The maximum atomic E-state index is 6.34. The molecule has 0 N–H and O–H groups in total. The number of hydrogen-bond donors (Lipinski definition) is 0. The molecule has 0 aliphatic carbocycles. The second-order valence-electron chi connectivity index (χ2n) is 10.4. The largest absolute Gasteiger partial charge is 0.494 e. The van der Waals surface area contributed by atoms with Gasteiger partial charge < -0.3 is 9.31 Å². The molecule has 4 aromatic carbocycles. The molecule has 0 bridgehead atoms. The van der Waals surface area contributed by atoms with Gasteiger partial charge in [0.1, 0.15) is 39.2 Å². The molecule has 164 valence electrons. The minimum atomic E-state index is -0.444. The lowest BCUT2D eigenvalue weighted by Gasteiger charge is -2.32. The van der Waals surface area contributed by atoms with Crippen LogP contribution >= 0.6 is 0 Å². The average Bonchev–Trinajstić information content (AvgIpc) is 3.08. The van der Waals surface area contributed by atoms with Gasteiger partial charge in [-0.05, 0) is 72.3 Å². The lowest BCUT2D eigenvalue weighted by Crippen LogP contribution is -2.55. The lowest BCUT2D eigenvalue weighted by atomic mass is 9.59. The van der Waals surface area contributed by atoms with Crippen LogP contribution in [0.5, 0.6) is 0 Å². The lowest BCUT2D eigenvalue weighted by molar-refractivity contribution is 0.00578. The van der Waals surface area contributed by atoms with E-state index in [-0.39, 0.29) is 16.4 Å². The van der Waals surface area contributed by atoms with E-state index in [1.165, 1.54) is 0 Å². The van der Waals surface area contributed by atoms with Gasteiger partial charge >= 0.3 is 7.12 Å². The molecule has 0 amide bonds. The number of rotatable bonds is 3. The van der Waals surface area contributed by atoms with Gasteiger partial charge in [0.2, 0.25) is 0 Å². The van der Waals surface area contributed by atoms with Gasteiger partial charge in [0.05, 0.1) is 11.2 Å². The smallest absolute Gasteiger partial charge is 0.399 e. The SMILES string of the molecule is [B]c1c([B])c([B])c(-c2ccc3cccc(-c4cccc(B5OC(C)(C)C(C)(C)O5)c4)c3c2)c([B])c1[B]. The fraction of sp³-hybridized carbons (Fsp3) is 0.214. The van der Waals surface area contributed by atoms with E-state index >= 15 is 0 Å². The molecule has 1 aliphatic heterocycles. The highest BCUT2D eigenvalue weighted by molar-refractivity contribution is 6.68. The van der Waals surface area contributed by atoms with E-state index in [1.54, 1.807) is 0 Å². The minimum absolute atomic E-state index is 0.203. The fourth-order valence-electron chi connectivity index (χ4n) is 4.67. The first kappa shape index (κ1) is 25.1. The summed E-state index contributed by atoms with van der Waals surface area (Å²) in [6, 6.07) is 20.5. The van der Waals surface area contributed by atoms with E-state index in [4.69, 9.17) is 48.5 Å². The fourth-order valence-corrected chi connectivity index (χ4v) is 4.67. The third-order valence-corrected chi connectivity index (χ3v) is 7.59. The van der Waals surface area contributed by atoms with Gasteiger partial charge in [0.25, 0.3) is 0 Å². The van der Waals surface area contributed by atoms with Crippen LogP contribution in [0, 0.1) is 0 Å². The van der Waals surface area contributed by atoms with Crippen LogP contribution in [0.1, 0.15) is 27.7 Å². The summed E-state index contributed by atoms with van der Waals surface area (Å²) in [5.41, 5.74) is 4.95. The first-order valence-corrected chi connectivity index (χ1v) is 11.9. The van der Waals surface area contributed by atoms with E-state index in [9.17, 15) is 0 Å². The molecule has 5 rings (SSSR count). The van der Waals surface area contributed by atoms with Crippen molar-refractivity contribution in [2.45, 2.75) is 38.9 Å². The van der Waals surface area contributed by atoms with Crippen LogP contribution in [0.3, 0.4) is 0 Å². The van der Waals surface area contributed by atoms with Crippen molar-refractivity contribution in [2.24, 2.45) is 0 Å². The Bertz CT molecular complexity index is 1470. The zero-order valence-electron chi connectivity index (χ0n) is 21.1. The standard InChI is InChI=1S/C28H22B6O2/c1-27(2)28(3,4)36-34(35-27)18-9-5-8-16(13-18)19-10-6-7-15-11-12-17(14-20(15)19)21-22(29)24(31)26(33)25(32)23(21)30/h5-14H,1-4H3. The van der Waals surface area contributed by atoms with Crippen LogP contribution in [0.25, 0.3) is 33.0 Å². The molecule has 0 unspecified atom stereocenters. The van der Waals surface area contributed by atoms with E-state index in [1.807, 2.05) is 30.3 Å². The highest BCUT2D eigenvalue weighted by atomic mass is 16.7. The molecule has 8 heteroatoms. The maximum absolute atomic E-state index is 6.34. The van der Waals surface area contributed by atoms with Gasteiger partial charge in [-0.15, -0.1) is 16.4 Å². The van der Waals surface area contributed by atoms with E-state index in [0.717, 1.165) is 32.9 Å². The predicted molar refractivity (Wildman–Crippen MR) is 157 cm³/mol. The molecule has 0 aromatic heterocycles. The summed E-state index contributed by atoms with van der Waals surface area (Å²) in [5.74, 6) is 0. The molecule has 10 radical (unpaired) electrons. The normalized spacial score (nSPS) is 16.5. The maximum Gasteiger partial charge on any atom is 0.494 e. The average molecular weight is 455 g/mol. The summed E-state index contributed by atoms with van der Waals surface area (Å²) in [6.45, 7) is 8.21. The highest BCUT2D eigenvalue weighted by Gasteiger charge is 2.51. The van der Waals surface area contributed by atoms with E-state index in [2.05, 4.69) is 58.0 Å². The second kappa shape index (κ2) is 8.78. The molecule has 1 saturated heterocycles. The van der Waals surface area contributed by atoms with Gasteiger partial charge in [-0.3, -0.25) is 0 Å². The van der Waals surface area contributed by atoms with Crippen LogP contribution in [0.2, 0.25) is 0 Å². The van der Waals surface area contributed by atoms with Crippen molar-refractivity contribution in [3.63, 3.8) is 0 Å². The summed E-state index contributed by atoms with van der Waals surface area (Å²) in [6.07, 6.45) is 0. The Morgan fingerprint density at radius 1 is 0.611 bits per heavy atom. The van der Waals surface area contributed by atoms with E-state index < -0.39 is 18.3 Å². The molecule has 36 heavy (non-hydrogen) atoms. The monoisotopic (exact) mass is 456 g/mol. The number of fused-ring (bicyclic) bond motifs is 1. The molecule has 2 nitrogen and oxygen atoms in total. The van der Waals surface area contributed by atoms with E-state index in [0.29, 0.717) is 16.5 Å². The third-order valence-electron chi connectivity index (χ3n) is 7.59. The summed E-state index contributed by atoms with van der Waals surface area (Å²) in [7, 11) is 30.5. The summed E-state index contributed by atoms with van der Waals surface area (Å²) >= 11 is 0. The molecule has 1 heterocycles. The van der Waals surface area contributed by atoms with Crippen LogP contribution in [-0.4, -0.2) is 57.6 Å². The van der Waals surface area contributed by atoms with Crippen molar-refractivity contribution < 1.29 is 9.31 Å². The van der Waals surface area contributed by atoms with Gasteiger partial charge in [0, 0.05) is 0 Å². The number of benzene rings is 4. The van der Waals surface area contributed by atoms with Gasteiger partial charge in [-0.1, -0.05) is 65.5 Å². The minimum Gasteiger partial charge on any atom is -0.399 e. The molecule has 4 aromatic rings. The van der Waals surface area contributed by atoms with Crippen molar-refractivity contribution in [2.75, 3.05) is 0 Å². The zero-order chi connectivity index (χ0) is 26.0. The quantitative estimate of drug-likeness (QED) is 0.418. The Morgan fingerprint density at radius 3 is 1.83 bits per heavy atom. The first-order valence-electron chi connectivity index (χ1n) is 11.9. The zero-order valence-corrected chi connectivity index (χ0v) is 21.1. The molecule has 0 spiro atoms. The van der Waals surface area contributed by atoms with Crippen LogP contribution in [0.4, 0.5) is 0 Å². The van der Waals surface area contributed by atoms with Crippen LogP contribution in [0.15, 0.2) is 60.7 Å². The summed E-state index contributed by atoms with van der Waals surface area (Å²) < 4.78 is 12.6. The Balaban J connectivity index is 1.63. The van der Waals surface area contributed by atoms with Gasteiger partial charge in [0.15, 0.2) is 0 Å². The van der Waals surface area contributed by atoms with Crippen molar-refractivity contribution in [3.8, 4) is 22.3 Å². The van der Waals surface area contributed by atoms with Gasteiger partial charge in [-0.2, -0.15) is 0 Å². The van der Waals surface area contributed by atoms with Crippen LogP contribution in [-0.2, 0) is 9.31 Å². The Morgan fingerprint density at radius 2 is 1.19 bits per heavy atom. The number of hydrogen-bond acceptors (Lipinski definition) is 2. The molecule has 0 saturated carbocycles. The third kappa shape index (κ3) is 3.99. The molecule has 1 fully saturated rings. The Kier molecular flexibility index (Phi) is 6.13. The summed E-state index contributed by atoms with van der Waals surface area (Å²) in [5, 5.41) is 2.11. The van der Waals surface area contributed by atoms with Gasteiger partial charge in [-0.25, -0.2) is 0 Å². The second-order valence-corrected chi connectivity index (χ2v) is 10.4. The molecule has 0 atom stereocenters. The van der Waals surface area contributed by atoms with Crippen molar-refractivity contribution >= 4 is 89.9 Å². The molecular formula is C28H22B6O2. The Hall–Kier alpha value is -2.55. The van der Waals surface area contributed by atoms with Crippen molar-refractivity contribution in [1.82, 2.24) is 0 Å². The predicted octanol–water partition coefficient (Wildman–Crippen LogP) is 0.442. The van der Waals surface area contributed by atoms with Crippen LogP contribution < -0.4 is 32.8 Å². The topological polar surface area (TPSA) is 18.5 Å². The molecule has 1 aliphatic rings.